The Hall–Kier alpha value is -1.13. The van der Waals surface area contributed by atoms with Crippen LogP contribution >= 0.6 is 11.3 Å². The van der Waals surface area contributed by atoms with Crippen molar-refractivity contribution in [2.75, 3.05) is 31.2 Å². The van der Waals surface area contributed by atoms with Crippen molar-refractivity contribution in [3.63, 3.8) is 0 Å². The normalized spacial score (nSPS) is 16.6. The van der Waals surface area contributed by atoms with Gasteiger partial charge in [-0.25, -0.2) is 4.98 Å². The number of hydrogen-bond donors (Lipinski definition) is 0. The van der Waals surface area contributed by atoms with Crippen LogP contribution in [0.4, 0.5) is 5.69 Å². The third-order valence-corrected chi connectivity index (χ3v) is 4.26. The summed E-state index contributed by atoms with van der Waals surface area (Å²) in [5, 5.41) is 1.22. The summed E-state index contributed by atoms with van der Waals surface area (Å²) in [5.41, 5.74) is 2.43. The van der Waals surface area contributed by atoms with Gasteiger partial charge in [-0.3, -0.25) is 0 Å². The lowest BCUT2D eigenvalue weighted by Crippen LogP contribution is -2.36. The van der Waals surface area contributed by atoms with Gasteiger partial charge in [-0.05, 0) is 24.6 Å². The van der Waals surface area contributed by atoms with Gasteiger partial charge < -0.3 is 9.64 Å². The first-order valence-electron chi connectivity index (χ1n) is 6.09. The summed E-state index contributed by atoms with van der Waals surface area (Å²) in [6.45, 7) is 5.80. The summed E-state index contributed by atoms with van der Waals surface area (Å²) >= 11 is 1.81. The van der Waals surface area contributed by atoms with Gasteiger partial charge >= 0.3 is 0 Å². The van der Waals surface area contributed by atoms with Crippen molar-refractivity contribution in [2.24, 2.45) is 0 Å². The molecule has 90 valence electrons. The molecule has 1 aromatic carbocycles. The van der Waals surface area contributed by atoms with Gasteiger partial charge in [0, 0.05) is 18.8 Å². The predicted octanol–water partition coefficient (Wildman–Crippen LogP) is 2.70. The van der Waals surface area contributed by atoms with E-state index in [1.165, 1.54) is 15.4 Å². The van der Waals surface area contributed by atoms with Gasteiger partial charge in [-0.1, -0.05) is 6.92 Å². The molecule has 2 heterocycles. The fraction of sp³-hybridized carbons (Fsp3) is 0.462. The Morgan fingerprint density at radius 3 is 2.94 bits per heavy atom. The molecule has 17 heavy (non-hydrogen) atoms. The number of nitrogens with zero attached hydrogens (tertiary/aromatic N) is 2. The molecule has 1 aliphatic heterocycles. The summed E-state index contributed by atoms with van der Waals surface area (Å²) in [6.07, 6.45) is 1.02. The van der Waals surface area contributed by atoms with Gasteiger partial charge in [0.2, 0.25) is 0 Å². The van der Waals surface area contributed by atoms with Crippen LogP contribution in [-0.2, 0) is 11.2 Å². The number of anilines is 1. The van der Waals surface area contributed by atoms with Crippen LogP contribution < -0.4 is 4.90 Å². The number of fused-ring (bicyclic) bond motifs is 1. The van der Waals surface area contributed by atoms with Gasteiger partial charge in [-0.2, -0.15) is 0 Å². The molecule has 0 spiro atoms. The van der Waals surface area contributed by atoms with Crippen molar-refractivity contribution in [3.05, 3.63) is 23.2 Å². The van der Waals surface area contributed by atoms with Crippen LogP contribution in [0.5, 0.6) is 0 Å². The molecule has 1 fully saturated rings. The molecule has 1 saturated heterocycles. The van der Waals surface area contributed by atoms with Gasteiger partial charge in [0.25, 0.3) is 0 Å². The average molecular weight is 248 g/mol. The number of benzene rings is 1. The highest BCUT2D eigenvalue weighted by atomic mass is 32.1. The summed E-state index contributed by atoms with van der Waals surface area (Å²) in [7, 11) is 0. The Morgan fingerprint density at radius 1 is 1.35 bits per heavy atom. The Labute approximate surface area is 105 Å². The van der Waals surface area contributed by atoms with E-state index in [1.54, 1.807) is 11.3 Å². The Balaban J connectivity index is 1.94. The molecule has 3 nitrogen and oxygen atoms in total. The van der Waals surface area contributed by atoms with E-state index in [2.05, 4.69) is 35.0 Å². The molecule has 3 rings (SSSR count). The van der Waals surface area contributed by atoms with Crippen molar-refractivity contribution in [1.29, 1.82) is 0 Å². The van der Waals surface area contributed by atoms with Crippen LogP contribution in [0.3, 0.4) is 0 Å². The van der Waals surface area contributed by atoms with Crippen LogP contribution in [-0.4, -0.2) is 31.3 Å². The minimum absolute atomic E-state index is 0.834. The summed E-state index contributed by atoms with van der Waals surface area (Å²) < 4.78 is 6.68. The van der Waals surface area contributed by atoms with Crippen LogP contribution in [0.25, 0.3) is 10.2 Å². The molecule has 2 aromatic rings. The van der Waals surface area contributed by atoms with E-state index in [0.717, 1.165) is 38.2 Å². The predicted molar refractivity (Wildman–Crippen MR) is 72.0 cm³/mol. The van der Waals surface area contributed by atoms with Crippen LogP contribution in [0.2, 0.25) is 0 Å². The standard InChI is InChI=1S/C13H16N2OS/c1-2-13-14-11-4-3-10(9-12(11)17-13)15-5-7-16-8-6-15/h3-4,9H,2,5-8H2,1H3. The van der Waals surface area contributed by atoms with Gasteiger partial charge in [0.05, 0.1) is 28.4 Å². The number of ether oxygens (including phenoxy) is 1. The van der Waals surface area contributed by atoms with Crippen molar-refractivity contribution in [1.82, 2.24) is 4.98 Å². The summed E-state index contributed by atoms with van der Waals surface area (Å²) in [6, 6.07) is 6.57. The van der Waals surface area contributed by atoms with Crippen LogP contribution in [0.15, 0.2) is 18.2 Å². The first-order chi connectivity index (χ1) is 8.36. The highest BCUT2D eigenvalue weighted by molar-refractivity contribution is 7.18. The fourth-order valence-corrected chi connectivity index (χ4v) is 3.07. The molecule has 1 aliphatic rings. The van der Waals surface area contributed by atoms with Gasteiger partial charge in [0.15, 0.2) is 0 Å². The lowest BCUT2D eigenvalue weighted by atomic mass is 10.2. The molecule has 0 saturated carbocycles. The highest BCUT2D eigenvalue weighted by Gasteiger charge is 2.12. The maximum absolute atomic E-state index is 5.38. The summed E-state index contributed by atoms with van der Waals surface area (Å²) in [5.74, 6) is 0. The van der Waals surface area contributed by atoms with Crippen molar-refractivity contribution < 1.29 is 4.74 Å². The molecule has 0 aliphatic carbocycles. The van der Waals surface area contributed by atoms with E-state index in [1.807, 2.05) is 0 Å². The molecular formula is C13H16N2OS. The first kappa shape index (κ1) is 11.0. The Kier molecular flexibility index (Phi) is 2.99. The molecule has 1 aromatic heterocycles. The third kappa shape index (κ3) is 2.15. The minimum Gasteiger partial charge on any atom is -0.378 e. The molecule has 0 radical (unpaired) electrons. The number of aryl methyl sites for hydroxylation is 1. The summed E-state index contributed by atoms with van der Waals surface area (Å²) in [4.78, 5) is 6.98. The maximum atomic E-state index is 5.38. The molecule has 0 atom stereocenters. The Morgan fingerprint density at radius 2 is 2.18 bits per heavy atom. The molecule has 0 N–H and O–H groups in total. The lowest BCUT2D eigenvalue weighted by molar-refractivity contribution is 0.122. The monoisotopic (exact) mass is 248 g/mol. The van der Waals surface area contributed by atoms with Gasteiger partial charge in [-0.15, -0.1) is 11.3 Å². The third-order valence-electron chi connectivity index (χ3n) is 3.09. The maximum Gasteiger partial charge on any atom is 0.0935 e. The smallest absolute Gasteiger partial charge is 0.0935 e. The molecule has 0 amide bonds. The zero-order valence-electron chi connectivity index (χ0n) is 9.98. The number of hydrogen-bond acceptors (Lipinski definition) is 4. The number of morpholine rings is 1. The molecular weight excluding hydrogens is 232 g/mol. The number of thiazole rings is 1. The highest BCUT2D eigenvalue weighted by Crippen LogP contribution is 2.27. The van der Waals surface area contributed by atoms with Crippen molar-refractivity contribution >= 4 is 27.2 Å². The van der Waals surface area contributed by atoms with Gasteiger partial charge in [0.1, 0.15) is 0 Å². The lowest BCUT2D eigenvalue weighted by Gasteiger charge is -2.28. The van der Waals surface area contributed by atoms with Crippen LogP contribution in [0, 0.1) is 0 Å². The largest absolute Gasteiger partial charge is 0.378 e. The van der Waals surface area contributed by atoms with E-state index < -0.39 is 0 Å². The SMILES string of the molecule is CCc1nc2ccc(N3CCOCC3)cc2s1. The first-order valence-corrected chi connectivity index (χ1v) is 6.90. The second-order valence-corrected chi connectivity index (χ2v) is 5.33. The molecule has 4 heteroatoms. The second kappa shape index (κ2) is 4.63. The van der Waals surface area contributed by atoms with E-state index >= 15 is 0 Å². The zero-order chi connectivity index (χ0) is 11.7. The van der Waals surface area contributed by atoms with E-state index in [9.17, 15) is 0 Å². The Bertz CT molecular complexity index is 517. The van der Waals surface area contributed by atoms with E-state index in [-0.39, 0.29) is 0 Å². The number of rotatable bonds is 2. The zero-order valence-corrected chi connectivity index (χ0v) is 10.8. The molecule has 0 bridgehead atoms. The topological polar surface area (TPSA) is 25.4 Å². The number of aromatic nitrogens is 1. The second-order valence-electron chi connectivity index (χ2n) is 4.21. The molecule has 0 unspecified atom stereocenters. The average Bonchev–Trinajstić information content (AvgIpc) is 2.81. The van der Waals surface area contributed by atoms with E-state index in [0.29, 0.717) is 0 Å². The van der Waals surface area contributed by atoms with E-state index in [4.69, 9.17) is 4.74 Å². The minimum atomic E-state index is 0.834. The fourth-order valence-electron chi connectivity index (χ4n) is 2.13. The van der Waals surface area contributed by atoms with Crippen LogP contribution in [0.1, 0.15) is 11.9 Å². The van der Waals surface area contributed by atoms with Crippen molar-refractivity contribution in [2.45, 2.75) is 13.3 Å². The van der Waals surface area contributed by atoms with Crippen molar-refractivity contribution in [3.8, 4) is 0 Å². The quantitative estimate of drug-likeness (QED) is 0.817.